The molecule has 0 radical (unpaired) electrons. The van der Waals surface area contributed by atoms with E-state index in [-0.39, 0.29) is 41.9 Å². The molecule has 0 heterocycles. The Kier molecular flexibility index (Phi) is 9.96. The van der Waals surface area contributed by atoms with Crippen molar-refractivity contribution in [2.24, 2.45) is 10.9 Å². The Labute approximate surface area is 171 Å². The maximum Gasteiger partial charge on any atom is 0.223 e. The van der Waals surface area contributed by atoms with Gasteiger partial charge in [-0.2, -0.15) is 0 Å². The fourth-order valence-corrected chi connectivity index (χ4v) is 2.23. The number of amides is 1. The van der Waals surface area contributed by atoms with Crippen LogP contribution in [0.25, 0.3) is 0 Å². The van der Waals surface area contributed by atoms with Gasteiger partial charge in [0.05, 0.1) is 6.54 Å². The van der Waals surface area contributed by atoms with Crippen LogP contribution in [0.15, 0.2) is 29.3 Å². The smallest absolute Gasteiger partial charge is 0.223 e. The third-order valence-corrected chi connectivity index (χ3v) is 3.85. The highest BCUT2D eigenvalue weighted by atomic mass is 127. The number of hydrogen-bond acceptors (Lipinski definition) is 3. The normalized spacial score (nSPS) is 14.9. The lowest BCUT2D eigenvalue weighted by Crippen LogP contribution is -2.44. The Morgan fingerprint density at radius 1 is 1.24 bits per heavy atom. The molecule has 1 aromatic rings. The molecule has 0 bridgehead atoms. The maximum atomic E-state index is 11.5. The summed E-state index contributed by atoms with van der Waals surface area (Å²) in [5.41, 5.74) is 0. The summed E-state index contributed by atoms with van der Waals surface area (Å²) in [5.74, 6) is 1.86. The Balaban J connectivity index is 0.00000312. The first-order valence-electron chi connectivity index (χ1n) is 8.23. The summed E-state index contributed by atoms with van der Waals surface area (Å²) in [5, 5.41) is 9.95. The monoisotopic (exact) mass is 480 g/mol. The highest BCUT2D eigenvalue weighted by molar-refractivity contribution is 14.0. The zero-order chi connectivity index (χ0) is 17.4. The molecule has 0 aromatic heterocycles. The van der Waals surface area contributed by atoms with Gasteiger partial charge in [-0.05, 0) is 44.0 Å². The minimum absolute atomic E-state index is 0. The topological polar surface area (TPSA) is 74.8 Å². The highest BCUT2D eigenvalue weighted by Crippen LogP contribution is 2.28. The molecule has 25 heavy (non-hydrogen) atoms. The molecule has 3 N–H and O–H groups in total. The predicted molar refractivity (Wildman–Crippen MR) is 112 cm³/mol. The number of halogens is 2. The second-order valence-corrected chi connectivity index (χ2v) is 6.26. The lowest BCUT2D eigenvalue weighted by molar-refractivity contribution is -0.122. The molecule has 1 fully saturated rings. The molecule has 1 atom stereocenters. The quantitative estimate of drug-likeness (QED) is 0.231. The largest absolute Gasteiger partial charge is 0.489 e. The van der Waals surface area contributed by atoms with Crippen molar-refractivity contribution >= 4 is 47.4 Å². The van der Waals surface area contributed by atoms with Crippen molar-refractivity contribution in [2.75, 3.05) is 26.7 Å². The zero-order valence-corrected chi connectivity index (χ0v) is 17.6. The van der Waals surface area contributed by atoms with E-state index < -0.39 is 0 Å². The second-order valence-electron chi connectivity index (χ2n) is 5.83. The van der Waals surface area contributed by atoms with Gasteiger partial charge in [0.1, 0.15) is 11.9 Å². The van der Waals surface area contributed by atoms with E-state index in [9.17, 15) is 4.79 Å². The van der Waals surface area contributed by atoms with Crippen molar-refractivity contribution in [3.63, 3.8) is 0 Å². The molecule has 1 aliphatic rings. The van der Waals surface area contributed by atoms with Crippen molar-refractivity contribution < 1.29 is 9.53 Å². The summed E-state index contributed by atoms with van der Waals surface area (Å²) in [6, 6.07) is 7.28. The van der Waals surface area contributed by atoms with E-state index >= 15 is 0 Å². The van der Waals surface area contributed by atoms with Crippen LogP contribution >= 0.6 is 35.6 Å². The number of ether oxygens (including phenoxy) is 1. The number of hydrogen-bond donors (Lipinski definition) is 3. The zero-order valence-electron chi connectivity index (χ0n) is 14.5. The van der Waals surface area contributed by atoms with Crippen LogP contribution in [0.5, 0.6) is 5.75 Å². The van der Waals surface area contributed by atoms with Gasteiger partial charge in [0.2, 0.25) is 5.91 Å². The number of benzene rings is 1. The lowest BCUT2D eigenvalue weighted by Gasteiger charge is -2.18. The van der Waals surface area contributed by atoms with Crippen LogP contribution in [0, 0.1) is 5.92 Å². The lowest BCUT2D eigenvalue weighted by atomic mass is 10.3. The van der Waals surface area contributed by atoms with Crippen molar-refractivity contribution in [3.8, 4) is 5.75 Å². The summed E-state index contributed by atoms with van der Waals surface area (Å²) in [7, 11) is 1.71. The number of nitrogens with one attached hydrogen (secondary N) is 3. The van der Waals surface area contributed by atoms with Crippen molar-refractivity contribution in [3.05, 3.63) is 29.3 Å². The van der Waals surface area contributed by atoms with Gasteiger partial charge in [0.15, 0.2) is 5.96 Å². The van der Waals surface area contributed by atoms with Crippen LogP contribution in [0.1, 0.15) is 19.8 Å². The van der Waals surface area contributed by atoms with Crippen LogP contribution < -0.4 is 20.7 Å². The SMILES string of the molecule is CN=C(NCCNC(=O)C1CC1)NCC(C)Oc1ccc(Cl)cc1.I. The number of carbonyl (C=O) groups excluding carboxylic acids is 1. The third-order valence-electron chi connectivity index (χ3n) is 3.60. The third kappa shape index (κ3) is 8.62. The Morgan fingerprint density at radius 3 is 2.48 bits per heavy atom. The average Bonchev–Trinajstić information content (AvgIpc) is 3.41. The molecule has 8 heteroatoms. The molecule has 1 unspecified atom stereocenters. The predicted octanol–water partition coefficient (Wildman–Crippen LogP) is 2.42. The fourth-order valence-electron chi connectivity index (χ4n) is 2.10. The van der Waals surface area contributed by atoms with Gasteiger partial charge in [-0.25, -0.2) is 0 Å². The molecule has 6 nitrogen and oxygen atoms in total. The number of guanidine groups is 1. The Morgan fingerprint density at radius 2 is 1.88 bits per heavy atom. The number of aliphatic imine (C=N–C) groups is 1. The molecule has 0 aliphatic heterocycles. The van der Waals surface area contributed by atoms with E-state index in [1.807, 2.05) is 19.1 Å². The van der Waals surface area contributed by atoms with Gasteiger partial charge in [0.25, 0.3) is 0 Å². The summed E-state index contributed by atoms with van der Waals surface area (Å²) >= 11 is 5.85. The van der Waals surface area contributed by atoms with E-state index in [2.05, 4.69) is 20.9 Å². The van der Waals surface area contributed by atoms with E-state index in [0.717, 1.165) is 18.6 Å². The van der Waals surface area contributed by atoms with Gasteiger partial charge < -0.3 is 20.7 Å². The van der Waals surface area contributed by atoms with E-state index in [1.54, 1.807) is 19.2 Å². The molecule has 0 spiro atoms. The van der Waals surface area contributed by atoms with Crippen LogP contribution in [0.2, 0.25) is 5.02 Å². The minimum atomic E-state index is -0.0284. The van der Waals surface area contributed by atoms with Gasteiger partial charge in [0, 0.05) is 31.1 Å². The molecule has 1 saturated carbocycles. The molecule has 0 saturated heterocycles. The van der Waals surface area contributed by atoms with Crippen LogP contribution in [0.4, 0.5) is 0 Å². The molecule has 1 aromatic carbocycles. The Hall–Kier alpha value is -1.22. The summed E-state index contributed by atoms with van der Waals surface area (Å²) in [6.45, 7) is 3.80. The van der Waals surface area contributed by atoms with Crippen LogP contribution in [-0.2, 0) is 4.79 Å². The first-order chi connectivity index (χ1) is 11.6. The van der Waals surface area contributed by atoms with Crippen LogP contribution in [0.3, 0.4) is 0 Å². The van der Waals surface area contributed by atoms with Crippen molar-refractivity contribution in [2.45, 2.75) is 25.9 Å². The first kappa shape index (κ1) is 21.8. The van der Waals surface area contributed by atoms with Gasteiger partial charge >= 0.3 is 0 Å². The van der Waals surface area contributed by atoms with E-state index in [1.165, 1.54) is 0 Å². The molecular formula is C17H26ClIN4O2. The van der Waals surface area contributed by atoms with E-state index in [4.69, 9.17) is 16.3 Å². The van der Waals surface area contributed by atoms with Gasteiger partial charge in [-0.3, -0.25) is 9.79 Å². The number of nitrogens with zero attached hydrogens (tertiary/aromatic N) is 1. The Bertz CT molecular complexity index is 564. The van der Waals surface area contributed by atoms with Crippen molar-refractivity contribution in [1.29, 1.82) is 0 Å². The maximum absolute atomic E-state index is 11.5. The van der Waals surface area contributed by atoms with Gasteiger partial charge in [-0.1, -0.05) is 11.6 Å². The number of carbonyl (C=O) groups is 1. The summed E-state index contributed by atoms with van der Waals surface area (Å²) in [4.78, 5) is 15.7. The van der Waals surface area contributed by atoms with Gasteiger partial charge in [-0.15, -0.1) is 24.0 Å². The standard InChI is InChI=1S/C17H25ClN4O2.HI/c1-12(24-15-7-5-14(18)6-8-15)11-22-17(19-2)21-10-9-20-16(23)13-3-4-13;/h5-8,12-13H,3-4,9-11H2,1-2H3,(H,20,23)(H2,19,21,22);1H. The molecule has 1 amide bonds. The molecule has 1 aliphatic carbocycles. The summed E-state index contributed by atoms with van der Waals surface area (Å²) < 4.78 is 5.79. The van der Waals surface area contributed by atoms with E-state index in [0.29, 0.717) is 30.6 Å². The fraction of sp³-hybridized carbons (Fsp3) is 0.529. The highest BCUT2D eigenvalue weighted by Gasteiger charge is 2.28. The molecular weight excluding hydrogens is 455 g/mol. The number of rotatable bonds is 8. The average molecular weight is 481 g/mol. The molecule has 2 rings (SSSR count). The second kappa shape index (κ2) is 11.4. The summed E-state index contributed by atoms with van der Waals surface area (Å²) in [6.07, 6.45) is 2.02. The van der Waals surface area contributed by atoms with Crippen molar-refractivity contribution in [1.82, 2.24) is 16.0 Å². The minimum Gasteiger partial charge on any atom is -0.489 e. The van der Waals surface area contributed by atoms with Crippen LogP contribution in [-0.4, -0.2) is 44.7 Å². The molecule has 140 valence electrons. The first-order valence-corrected chi connectivity index (χ1v) is 8.60.